The highest BCUT2D eigenvalue weighted by Crippen LogP contribution is 2.41. The van der Waals surface area contributed by atoms with Crippen LogP contribution >= 0.6 is 0 Å². The average Bonchev–Trinajstić information content (AvgIpc) is 3.22. The van der Waals surface area contributed by atoms with E-state index in [-0.39, 0.29) is 17.9 Å². The number of ether oxygens (including phenoxy) is 2. The number of likely N-dealkylation sites (tertiary alicyclic amines) is 1. The SMILES string of the molecule is COc1ccc(C(O)=C2C(=O)C(=O)N(Cc3ccccc3)C2c2cccc(OCc3ccccc3)c2)cc1. The zero-order chi connectivity index (χ0) is 26.5. The first kappa shape index (κ1) is 24.8. The van der Waals surface area contributed by atoms with E-state index in [9.17, 15) is 14.7 Å². The second kappa shape index (κ2) is 11.0. The van der Waals surface area contributed by atoms with Gasteiger partial charge in [0.15, 0.2) is 0 Å². The maximum absolute atomic E-state index is 13.4. The van der Waals surface area contributed by atoms with Gasteiger partial charge in [-0.2, -0.15) is 0 Å². The number of nitrogens with zero attached hydrogens (tertiary/aromatic N) is 1. The molecule has 5 rings (SSSR count). The Hall–Kier alpha value is -4.84. The van der Waals surface area contributed by atoms with Gasteiger partial charge in [-0.25, -0.2) is 0 Å². The van der Waals surface area contributed by atoms with Crippen LogP contribution in [0.25, 0.3) is 5.76 Å². The van der Waals surface area contributed by atoms with E-state index >= 15 is 0 Å². The summed E-state index contributed by atoms with van der Waals surface area (Å²) in [7, 11) is 1.55. The molecule has 0 spiro atoms. The summed E-state index contributed by atoms with van der Waals surface area (Å²) < 4.78 is 11.2. The largest absolute Gasteiger partial charge is 0.507 e. The number of rotatable bonds is 8. The molecule has 1 fully saturated rings. The first-order chi connectivity index (χ1) is 18.5. The molecule has 0 radical (unpaired) electrons. The van der Waals surface area contributed by atoms with Crippen molar-refractivity contribution in [3.8, 4) is 11.5 Å². The molecule has 4 aromatic carbocycles. The summed E-state index contributed by atoms with van der Waals surface area (Å²) in [6, 6.07) is 32.5. The van der Waals surface area contributed by atoms with E-state index in [4.69, 9.17) is 9.47 Å². The van der Waals surface area contributed by atoms with Gasteiger partial charge >= 0.3 is 0 Å². The smallest absolute Gasteiger partial charge is 0.295 e. The summed E-state index contributed by atoms with van der Waals surface area (Å²) in [5.74, 6) is -0.409. The third-order valence-corrected chi connectivity index (χ3v) is 6.52. The lowest BCUT2D eigenvalue weighted by molar-refractivity contribution is -0.140. The van der Waals surface area contributed by atoms with Gasteiger partial charge < -0.3 is 19.5 Å². The van der Waals surface area contributed by atoms with E-state index in [2.05, 4.69) is 0 Å². The Morgan fingerprint density at radius 2 is 1.45 bits per heavy atom. The van der Waals surface area contributed by atoms with E-state index < -0.39 is 17.7 Å². The van der Waals surface area contributed by atoms with Crippen molar-refractivity contribution in [2.24, 2.45) is 0 Å². The number of carbonyl (C=O) groups is 2. The topological polar surface area (TPSA) is 76.1 Å². The van der Waals surface area contributed by atoms with Crippen molar-refractivity contribution in [3.63, 3.8) is 0 Å². The van der Waals surface area contributed by atoms with Gasteiger partial charge in [0.1, 0.15) is 23.9 Å². The summed E-state index contributed by atoms with van der Waals surface area (Å²) in [6.45, 7) is 0.588. The van der Waals surface area contributed by atoms with Crippen LogP contribution in [-0.2, 0) is 22.7 Å². The number of aliphatic hydroxyl groups is 1. The van der Waals surface area contributed by atoms with Crippen molar-refractivity contribution in [1.82, 2.24) is 4.90 Å². The molecule has 6 nitrogen and oxygen atoms in total. The molecule has 0 saturated carbocycles. The van der Waals surface area contributed by atoms with Gasteiger partial charge in [-0.05, 0) is 53.1 Å². The Kier molecular flexibility index (Phi) is 7.22. The van der Waals surface area contributed by atoms with Crippen molar-refractivity contribution in [2.45, 2.75) is 19.2 Å². The Balaban J connectivity index is 1.55. The molecular formula is C32H27NO5. The van der Waals surface area contributed by atoms with Crippen molar-refractivity contribution < 1.29 is 24.2 Å². The molecule has 4 aromatic rings. The lowest BCUT2D eigenvalue weighted by Gasteiger charge is -2.26. The van der Waals surface area contributed by atoms with Crippen LogP contribution in [0.1, 0.15) is 28.3 Å². The van der Waals surface area contributed by atoms with Crippen molar-refractivity contribution in [2.75, 3.05) is 7.11 Å². The van der Waals surface area contributed by atoms with E-state index in [0.29, 0.717) is 29.2 Å². The van der Waals surface area contributed by atoms with Gasteiger partial charge in [0.25, 0.3) is 11.7 Å². The number of hydrogen-bond acceptors (Lipinski definition) is 5. The number of carbonyl (C=O) groups excluding carboxylic acids is 2. The third kappa shape index (κ3) is 5.15. The lowest BCUT2D eigenvalue weighted by atomic mass is 9.95. The number of benzene rings is 4. The van der Waals surface area contributed by atoms with E-state index in [0.717, 1.165) is 11.1 Å². The van der Waals surface area contributed by atoms with Crippen LogP contribution in [0.2, 0.25) is 0 Å². The molecule has 1 saturated heterocycles. The fourth-order valence-corrected chi connectivity index (χ4v) is 4.59. The molecule has 6 heteroatoms. The predicted octanol–water partition coefficient (Wildman–Crippen LogP) is 5.90. The number of hydrogen-bond donors (Lipinski definition) is 1. The van der Waals surface area contributed by atoms with Crippen LogP contribution in [0.3, 0.4) is 0 Å². The minimum absolute atomic E-state index is 0.0382. The number of amides is 1. The van der Waals surface area contributed by atoms with Crippen LogP contribution in [0.4, 0.5) is 0 Å². The highest BCUT2D eigenvalue weighted by atomic mass is 16.5. The second-order valence-corrected chi connectivity index (χ2v) is 8.99. The molecule has 1 amide bonds. The molecule has 1 heterocycles. The highest BCUT2D eigenvalue weighted by molar-refractivity contribution is 6.46. The predicted molar refractivity (Wildman–Crippen MR) is 144 cm³/mol. The molecule has 1 unspecified atom stereocenters. The molecule has 0 bridgehead atoms. The van der Waals surface area contributed by atoms with Crippen LogP contribution < -0.4 is 9.47 Å². The zero-order valence-electron chi connectivity index (χ0n) is 20.9. The second-order valence-electron chi connectivity index (χ2n) is 8.99. The number of ketones is 1. The van der Waals surface area contributed by atoms with Gasteiger partial charge in [0, 0.05) is 12.1 Å². The van der Waals surface area contributed by atoms with Gasteiger partial charge in [-0.1, -0.05) is 72.8 Å². The molecule has 0 aliphatic carbocycles. The summed E-state index contributed by atoms with van der Waals surface area (Å²) in [5.41, 5.74) is 3.02. The van der Waals surface area contributed by atoms with Crippen molar-refractivity contribution >= 4 is 17.4 Å². The summed E-state index contributed by atoms with van der Waals surface area (Å²) in [5, 5.41) is 11.3. The lowest BCUT2D eigenvalue weighted by Crippen LogP contribution is -2.29. The summed E-state index contributed by atoms with van der Waals surface area (Å²) in [6.07, 6.45) is 0. The van der Waals surface area contributed by atoms with Crippen LogP contribution in [0, 0.1) is 0 Å². The standard InChI is InChI=1S/C32H27NO5/c1-37-26-17-15-24(16-18-26)30(34)28-29(33(32(36)31(28)35)20-22-9-4-2-5-10-22)25-13-8-14-27(19-25)38-21-23-11-6-3-7-12-23/h2-19,29,34H,20-21H2,1H3. The fourth-order valence-electron chi connectivity index (χ4n) is 4.59. The number of aliphatic hydroxyl groups excluding tert-OH is 1. The van der Waals surface area contributed by atoms with Gasteiger partial charge in [0.05, 0.1) is 18.7 Å². The Morgan fingerprint density at radius 1 is 0.789 bits per heavy atom. The fraction of sp³-hybridized carbons (Fsp3) is 0.125. The summed E-state index contributed by atoms with van der Waals surface area (Å²) in [4.78, 5) is 28.2. The summed E-state index contributed by atoms with van der Waals surface area (Å²) >= 11 is 0. The van der Waals surface area contributed by atoms with E-state index in [1.807, 2.05) is 84.9 Å². The molecule has 1 aliphatic heterocycles. The van der Waals surface area contributed by atoms with E-state index in [1.54, 1.807) is 31.4 Å². The van der Waals surface area contributed by atoms with Crippen molar-refractivity contribution in [1.29, 1.82) is 0 Å². The van der Waals surface area contributed by atoms with Gasteiger partial charge in [-0.15, -0.1) is 0 Å². The third-order valence-electron chi connectivity index (χ3n) is 6.52. The Morgan fingerprint density at radius 3 is 2.11 bits per heavy atom. The van der Waals surface area contributed by atoms with Crippen LogP contribution in [0.5, 0.6) is 11.5 Å². The molecular weight excluding hydrogens is 478 g/mol. The molecule has 0 aromatic heterocycles. The van der Waals surface area contributed by atoms with Gasteiger partial charge in [0.2, 0.25) is 0 Å². The molecule has 1 atom stereocenters. The number of methoxy groups -OCH3 is 1. The minimum atomic E-state index is -0.794. The van der Waals surface area contributed by atoms with Gasteiger partial charge in [-0.3, -0.25) is 9.59 Å². The van der Waals surface area contributed by atoms with Crippen molar-refractivity contribution in [3.05, 3.63) is 137 Å². The number of Topliss-reactive ketones (excluding diaryl/α,β-unsaturated/α-hetero) is 1. The maximum atomic E-state index is 13.4. The maximum Gasteiger partial charge on any atom is 0.295 e. The first-order valence-electron chi connectivity index (χ1n) is 12.3. The molecule has 190 valence electrons. The molecule has 38 heavy (non-hydrogen) atoms. The van der Waals surface area contributed by atoms with E-state index in [1.165, 1.54) is 4.90 Å². The highest BCUT2D eigenvalue weighted by Gasteiger charge is 2.46. The Labute approximate surface area is 221 Å². The molecule has 1 aliphatic rings. The normalized spacial score (nSPS) is 16.4. The zero-order valence-corrected chi connectivity index (χ0v) is 20.9. The van der Waals surface area contributed by atoms with Crippen LogP contribution in [0.15, 0.2) is 115 Å². The minimum Gasteiger partial charge on any atom is -0.507 e. The molecule has 1 N–H and O–H groups in total. The Bertz CT molecular complexity index is 1460. The quantitative estimate of drug-likeness (QED) is 0.183. The average molecular weight is 506 g/mol. The monoisotopic (exact) mass is 505 g/mol. The van der Waals surface area contributed by atoms with Crippen LogP contribution in [-0.4, -0.2) is 28.8 Å². The first-order valence-corrected chi connectivity index (χ1v) is 12.3.